The number of nitrogens with one attached hydrogen (secondary N) is 2. The van der Waals surface area contributed by atoms with Gasteiger partial charge in [-0.15, -0.1) is 0 Å². The van der Waals surface area contributed by atoms with Crippen LogP contribution in [0.25, 0.3) is 0 Å². The highest BCUT2D eigenvalue weighted by Gasteiger charge is 2.36. The van der Waals surface area contributed by atoms with Crippen molar-refractivity contribution in [3.8, 4) is 0 Å². The topological polar surface area (TPSA) is 87.7 Å². The van der Waals surface area contributed by atoms with Crippen molar-refractivity contribution in [1.82, 2.24) is 10.2 Å². The molecule has 0 aliphatic rings. The third-order valence-corrected chi connectivity index (χ3v) is 6.10. The number of carbonyl (C=O) groups excluding carboxylic acids is 3. The Morgan fingerprint density at radius 3 is 2.11 bits per heavy atom. The first-order valence-corrected chi connectivity index (χ1v) is 12.4. The molecule has 7 nitrogen and oxygen atoms in total. The number of carbonyl (C=O) groups is 3. The Morgan fingerprint density at radius 2 is 1.58 bits per heavy atom. The molecule has 3 atom stereocenters. The average molecular weight is 496 g/mol. The number of aryl methyl sites for hydroxylation is 3. The Labute approximate surface area is 215 Å². The molecule has 0 spiro atoms. The number of nitrogens with zero attached hydrogens (tertiary/aromatic N) is 1. The minimum atomic E-state index is -0.900. The largest absolute Gasteiger partial charge is 0.444 e. The molecular formula is C29H41N3O4. The molecule has 3 amide bonds. The highest BCUT2D eigenvalue weighted by atomic mass is 16.6. The quantitative estimate of drug-likeness (QED) is 0.492. The molecule has 0 saturated heterocycles. The molecule has 0 saturated carbocycles. The number of ether oxygens (including phenoxy) is 1. The van der Waals surface area contributed by atoms with Crippen molar-refractivity contribution in [2.75, 3.05) is 12.4 Å². The molecule has 7 heteroatoms. The lowest BCUT2D eigenvalue weighted by Gasteiger charge is -2.34. The minimum absolute atomic E-state index is 0.174. The summed E-state index contributed by atoms with van der Waals surface area (Å²) in [5, 5.41) is 5.74. The number of amides is 3. The zero-order valence-corrected chi connectivity index (χ0v) is 23.1. The Kier molecular flexibility index (Phi) is 9.68. The maximum Gasteiger partial charge on any atom is 0.408 e. The molecule has 36 heavy (non-hydrogen) atoms. The van der Waals surface area contributed by atoms with Crippen molar-refractivity contribution in [3.63, 3.8) is 0 Å². The molecule has 0 aliphatic carbocycles. The molecule has 0 aliphatic heterocycles. The van der Waals surface area contributed by atoms with Gasteiger partial charge >= 0.3 is 6.09 Å². The first kappa shape index (κ1) is 28.9. The van der Waals surface area contributed by atoms with Crippen LogP contribution in [0, 0.1) is 26.7 Å². The molecule has 2 aromatic carbocycles. The van der Waals surface area contributed by atoms with Crippen LogP contribution in [-0.4, -0.2) is 41.5 Å². The number of rotatable bonds is 8. The summed E-state index contributed by atoms with van der Waals surface area (Å²) in [4.78, 5) is 41.5. The van der Waals surface area contributed by atoms with E-state index >= 15 is 0 Å². The smallest absolute Gasteiger partial charge is 0.408 e. The van der Waals surface area contributed by atoms with Gasteiger partial charge in [0.2, 0.25) is 5.91 Å². The van der Waals surface area contributed by atoms with Gasteiger partial charge in [0.05, 0.1) is 0 Å². The molecule has 0 heterocycles. The van der Waals surface area contributed by atoms with E-state index in [4.69, 9.17) is 4.74 Å². The predicted molar refractivity (Wildman–Crippen MR) is 144 cm³/mol. The fraction of sp³-hybridized carbons (Fsp3) is 0.483. The van der Waals surface area contributed by atoms with Gasteiger partial charge in [-0.05, 0) is 64.7 Å². The number of benzene rings is 2. The monoisotopic (exact) mass is 495 g/mol. The van der Waals surface area contributed by atoms with Crippen LogP contribution in [0.1, 0.15) is 69.3 Å². The van der Waals surface area contributed by atoms with E-state index in [1.807, 2.05) is 77.1 Å². The van der Waals surface area contributed by atoms with E-state index < -0.39 is 23.8 Å². The van der Waals surface area contributed by atoms with Gasteiger partial charge in [-0.2, -0.15) is 0 Å². The summed E-state index contributed by atoms with van der Waals surface area (Å²) in [6.07, 6.45) is -0.00852. The van der Waals surface area contributed by atoms with Crippen LogP contribution in [0.2, 0.25) is 0 Å². The maximum absolute atomic E-state index is 13.8. The maximum atomic E-state index is 13.8. The standard InChI is InChI=1S/C29H41N3O4/c1-10-20(4)24(31-28(35)36-29(6,7)8)27(34)32(9)25(22-16-18(2)15-19(3)17-22)26(33)30-23-14-12-11-13-21(23)5/h11-17,20,24-25H,10H2,1-9H3,(H,30,33)(H,31,35). The number of likely N-dealkylation sites (N-methyl/N-ethyl adjacent to an activating group) is 1. The Morgan fingerprint density at radius 1 is 1.00 bits per heavy atom. The SMILES string of the molecule is CCC(C)C(NC(=O)OC(C)(C)C)C(=O)N(C)C(C(=O)Nc1ccccc1C)c1cc(C)cc(C)c1. The van der Waals surface area contributed by atoms with E-state index in [1.165, 1.54) is 4.90 Å². The molecular weight excluding hydrogens is 454 g/mol. The van der Waals surface area contributed by atoms with Crippen molar-refractivity contribution < 1.29 is 19.1 Å². The van der Waals surface area contributed by atoms with Gasteiger partial charge in [0.15, 0.2) is 0 Å². The van der Waals surface area contributed by atoms with E-state index in [1.54, 1.807) is 27.8 Å². The second-order valence-electron chi connectivity index (χ2n) is 10.6. The number of alkyl carbamates (subject to hydrolysis) is 1. The fourth-order valence-corrected chi connectivity index (χ4v) is 4.10. The van der Waals surface area contributed by atoms with Gasteiger partial charge in [0, 0.05) is 12.7 Å². The summed E-state index contributed by atoms with van der Waals surface area (Å²) < 4.78 is 5.41. The zero-order chi connectivity index (χ0) is 27.2. The number of para-hydroxylation sites is 1. The van der Waals surface area contributed by atoms with Crippen molar-refractivity contribution in [2.24, 2.45) is 5.92 Å². The highest BCUT2D eigenvalue weighted by Crippen LogP contribution is 2.27. The van der Waals surface area contributed by atoms with E-state index in [-0.39, 0.29) is 17.7 Å². The van der Waals surface area contributed by atoms with Crippen molar-refractivity contribution in [2.45, 2.75) is 79.5 Å². The lowest BCUT2D eigenvalue weighted by atomic mass is 9.95. The third kappa shape index (κ3) is 7.83. The predicted octanol–water partition coefficient (Wildman–Crippen LogP) is 5.69. The number of anilines is 1. The molecule has 0 radical (unpaired) electrons. The normalized spacial score (nSPS) is 13.8. The second-order valence-corrected chi connectivity index (χ2v) is 10.6. The average Bonchev–Trinajstić information content (AvgIpc) is 2.76. The molecule has 2 rings (SSSR count). The van der Waals surface area contributed by atoms with Gasteiger partial charge in [-0.1, -0.05) is 67.8 Å². The fourth-order valence-electron chi connectivity index (χ4n) is 4.10. The van der Waals surface area contributed by atoms with Gasteiger partial charge in [-0.3, -0.25) is 9.59 Å². The summed E-state index contributed by atoms with van der Waals surface area (Å²) in [6, 6.07) is 11.6. The van der Waals surface area contributed by atoms with Gasteiger partial charge in [-0.25, -0.2) is 4.79 Å². The van der Waals surface area contributed by atoms with Crippen LogP contribution in [0.4, 0.5) is 10.5 Å². The number of hydrogen-bond acceptors (Lipinski definition) is 4. The Bertz CT molecular complexity index is 1070. The summed E-state index contributed by atoms with van der Waals surface area (Å²) in [7, 11) is 1.61. The molecule has 0 fully saturated rings. The minimum Gasteiger partial charge on any atom is -0.444 e. The highest BCUT2D eigenvalue weighted by molar-refractivity contribution is 5.99. The van der Waals surface area contributed by atoms with Crippen LogP contribution in [0.3, 0.4) is 0 Å². The van der Waals surface area contributed by atoms with Gasteiger partial charge < -0.3 is 20.3 Å². The first-order valence-electron chi connectivity index (χ1n) is 12.4. The first-order chi connectivity index (χ1) is 16.7. The van der Waals surface area contributed by atoms with Crippen LogP contribution in [-0.2, 0) is 14.3 Å². The van der Waals surface area contributed by atoms with Gasteiger partial charge in [0.1, 0.15) is 17.7 Å². The second kappa shape index (κ2) is 12.1. The van der Waals surface area contributed by atoms with E-state index in [0.29, 0.717) is 17.7 Å². The Balaban J connectivity index is 2.46. The lowest BCUT2D eigenvalue weighted by molar-refractivity contribution is -0.140. The van der Waals surface area contributed by atoms with E-state index in [2.05, 4.69) is 10.6 Å². The summed E-state index contributed by atoms with van der Waals surface area (Å²) in [6.45, 7) is 15.0. The van der Waals surface area contributed by atoms with Crippen LogP contribution >= 0.6 is 0 Å². The van der Waals surface area contributed by atoms with Crippen molar-refractivity contribution >= 4 is 23.6 Å². The Hall–Kier alpha value is -3.35. The third-order valence-electron chi connectivity index (χ3n) is 6.10. The zero-order valence-electron chi connectivity index (χ0n) is 23.1. The molecule has 0 aromatic heterocycles. The molecule has 3 unspecified atom stereocenters. The van der Waals surface area contributed by atoms with Gasteiger partial charge in [0.25, 0.3) is 5.91 Å². The molecule has 196 valence electrons. The van der Waals surface area contributed by atoms with Crippen LogP contribution in [0.5, 0.6) is 0 Å². The van der Waals surface area contributed by atoms with Crippen LogP contribution in [0.15, 0.2) is 42.5 Å². The molecule has 2 aromatic rings. The molecule has 2 N–H and O–H groups in total. The van der Waals surface area contributed by atoms with Crippen molar-refractivity contribution in [3.05, 3.63) is 64.7 Å². The summed E-state index contributed by atoms with van der Waals surface area (Å²) in [5.74, 6) is -0.864. The van der Waals surface area contributed by atoms with E-state index in [0.717, 1.165) is 16.7 Å². The lowest BCUT2D eigenvalue weighted by Crippen LogP contribution is -2.53. The van der Waals surface area contributed by atoms with E-state index in [9.17, 15) is 14.4 Å². The molecule has 0 bridgehead atoms. The van der Waals surface area contributed by atoms with Crippen molar-refractivity contribution in [1.29, 1.82) is 0 Å². The summed E-state index contributed by atoms with van der Waals surface area (Å²) >= 11 is 0. The number of hydrogen-bond donors (Lipinski definition) is 2. The summed E-state index contributed by atoms with van der Waals surface area (Å²) in [5.41, 5.74) is 3.59. The van der Waals surface area contributed by atoms with Crippen LogP contribution < -0.4 is 10.6 Å².